The molecule has 1 aromatic heterocycles. The lowest BCUT2D eigenvalue weighted by Gasteiger charge is -2.25. The molecule has 1 aliphatic rings. The van der Waals surface area contributed by atoms with Gasteiger partial charge < -0.3 is 31.3 Å². The highest BCUT2D eigenvalue weighted by Crippen LogP contribution is 2.42. The van der Waals surface area contributed by atoms with Gasteiger partial charge in [0.25, 0.3) is 0 Å². The second-order valence-corrected chi connectivity index (χ2v) is 6.49. The maximum absolute atomic E-state index is 14.2. The summed E-state index contributed by atoms with van der Waals surface area (Å²) in [6.07, 6.45) is 6.52. The first kappa shape index (κ1) is 17.2. The number of anilines is 3. The van der Waals surface area contributed by atoms with Crippen LogP contribution in [0.5, 0.6) is 0 Å². The minimum absolute atomic E-state index is 0.0610. The van der Waals surface area contributed by atoms with E-state index in [1.165, 1.54) is 6.33 Å². The lowest BCUT2D eigenvalue weighted by molar-refractivity contribution is 0.0321. The minimum Gasteiger partial charge on any atom is -0.393 e. The standard InChI is InChI=1S/C12H15FN5O4P/c1-2-12(22-6-23(19,20)21)4-7(3-8(12)13)18-11-9(14)10(15)16-5-17-11/h1,3,5,7H,4,6,14H2,(H2,19,20,21)(H3,15,16,17,18). The zero-order valence-corrected chi connectivity index (χ0v) is 12.7. The minimum atomic E-state index is -4.49. The summed E-state index contributed by atoms with van der Waals surface area (Å²) in [5, 5.41) is 2.82. The zero-order valence-electron chi connectivity index (χ0n) is 11.8. The van der Waals surface area contributed by atoms with E-state index >= 15 is 0 Å². The molecule has 7 N–H and O–H groups in total. The van der Waals surface area contributed by atoms with Crippen molar-refractivity contribution in [2.24, 2.45) is 0 Å². The third kappa shape index (κ3) is 3.78. The summed E-state index contributed by atoms with van der Waals surface area (Å²) in [5.41, 5.74) is 9.50. The summed E-state index contributed by atoms with van der Waals surface area (Å²) in [7, 11) is -4.49. The molecule has 1 aromatic rings. The van der Waals surface area contributed by atoms with E-state index in [-0.39, 0.29) is 23.7 Å². The molecule has 124 valence electrons. The number of aromatic nitrogens is 2. The molecule has 0 saturated carbocycles. The fourth-order valence-corrected chi connectivity index (χ4v) is 2.45. The van der Waals surface area contributed by atoms with Crippen LogP contribution < -0.4 is 16.8 Å². The monoisotopic (exact) mass is 343 g/mol. The van der Waals surface area contributed by atoms with Gasteiger partial charge in [-0.2, -0.15) is 0 Å². The molecule has 23 heavy (non-hydrogen) atoms. The van der Waals surface area contributed by atoms with Crippen molar-refractivity contribution in [2.45, 2.75) is 18.1 Å². The average molecular weight is 343 g/mol. The second kappa shape index (κ2) is 6.14. The molecular formula is C12H15FN5O4P. The molecule has 2 atom stereocenters. The topological polar surface area (TPSA) is 157 Å². The summed E-state index contributed by atoms with van der Waals surface area (Å²) in [6, 6.07) is -0.653. The number of nitrogens with two attached hydrogens (primary N) is 2. The lowest BCUT2D eigenvalue weighted by Crippen LogP contribution is -2.33. The molecule has 0 spiro atoms. The first-order valence-electron chi connectivity index (χ1n) is 6.33. The maximum atomic E-state index is 14.2. The number of rotatable bonds is 5. The Kier molecular flexibility index (Phi) is 4.58. The Morgan fingerprint density at radius 1 is 1.57 bits per heavy atom. The number of hydrogen-bond acceptors (Lipinski definition) is 7. The molecule has 0 bridgehead atoms. The zero-order chi connectivity index (χ0) is 17.3. The van der Waals surface area contributed by atoms with Gasteiger partial charge in [-0.3, -0.25) is 4.57 Å². The van der Waals surface area contributed by atoms with Crippen LogP contribution in [0, 0.1) is 12.3 Å². The highest BCUT2D eigenvalue weighted by atomic mass is 31.2. The molecule has 0 aliphatic heterocycles. The normalized spacial score (nSPS) is 24.1. The first-order chi connectivity index (χ1) is 10.7. The maximum Gasteiger partial charge on any atom is 0.351 e. The Hall–Kier alpha value is -2.18. The van der Waals surface area contributed by atoms with Gasteiger partial charge in [0, 0.05) is 6.42 Å². The predicted octanol–water partition coefficient (Wildman–Crippen LogP) is 0.202. The van der Waals surface area contributed by atoms with Crippen molar-refractivity contribution in [2.75, 3.05) is 23.1 Å². The number of hydrogen-bond donors (Lipinski definition) is 5. The number of nitrogens with zero attached hydrogens (tertiary/aromatic N) is 2. The Bertz CT molecular complexity index is 731. The van der Waals surface area contributed by atoms with Crippen molar-refractivity contribution in [3.8, 4) is 12.3 Å². The molecule has 0 fully saturated rings. The third-order valence-corrected chi connectivity index (χ3v) is 3.66. The van der Waals surface area contributed by atoms with E-state index in [0.29, 0.717) is 0 Å². The quantitative estimate of drug-likeness (QED) is 0.372. The third-order valence-electron chi connectivity index (χ3n) is 3.19. The number of terminal acetylenes is 1. The first-order valence-corrected chi connectivity index (χ1v) is 8.13. The van der Waals surface area contributed by atoms with Crippen LogP contribution in [0.15, 0.2) is 18.2 Å². The molecule has 0 radical (unpaired) electrons. The van der Waals surface area contributed by atoms with Crippen molar-refractivity contribution >= 4 is 24.9 Å². The van der Waals surface area contributed by atoms with Crippen LogP contribution >= 0.6 is 7.60 Å². The molecule has 0 saturated heterocycles. The smallest absolute Gasteiger partial charge is 0.351 e. The van der Waals surface area contributed by atoms with E-state index in [2.05, 4.69) is 21.2 Å². The van der Waals surface area contributed by atoms with Gasteiger partial charge in [0.2, 0.25) is 0 Å². The molecule has 9 nitrogen and oxygen atoms in total. The lowest BCUT2D eigenvalue weighted by atomic mass is 10.0. The molecule has 11 heteroatoms. The van der Waals surface area contributed by atoms with E-state index in [9.17, 15) is 8.96 Å². The van der Waals surface area contributed by atoms with Gasteiger partial charge >= 0.3 is 7.60 Å². The number of halogens is 1. The molecule has 0 aromatic carbocycles. The number of nitrogen functional groups attached to an aromatic ring is 2. The summed E-state index contributed by atoms with van der Waals surface area (Å²) < 4.78 is 30.0. The predicted molar refractivity (Wildman–Crippen MR) is 81.6 cm³/mol. The molecule has 2 rings (SSSR count). The van der Waals surface area contributed by atoms with Crippen LogP contribution in [0.2, 0.25) is 0 Å². The summed E-state index contributed by atoms with van der Waals surface area (Å²) in [5.74, 6) is 1.53. The van der Waals surface area contributed by atoms with Crippen molar-refractivity contribution in [1.82, 2.24) is 9.97 Å². The highest BCUT2D eigenvalue weighted by molar-refractivity contribution is 7.51. The Morgan fingerprint density at radius 2 is 2.26 bits per heavy atom. The SMILES string of the molecule is C#CC1(OCP(=O)(O)O)CC(Nc2ncnc(N)c2N)C=C1F. The molecule has 2 unspecified atom stereocenters. The molecule has 1 heterocycles. The summed E-state index contributed by atoms with van der Waals surface area (Å²) >= 11 is 0. The summed E-state index contributed by atoms with van der Waals surface area (Å²) in [6.45, 7) is 0. The van der Waals surface area contributed by atoms with E-state index in [0.717, 1.165) is 6.08 Å². The van der Waals surface area contributed by atoms with Gasteiger partial charge in [0.05, 0.1) is 6.04 Å². The molecule has 0 amide bonds. The van der Waals surface area contributed by atoms with Gasteiger partial charge in [0.15, 0.2) is 23.6 Å². The Morgan fingerprint density at radius 3 is 2.87 bits per heavy atom. The summed E-state index contributed by atoms with van der Waals surface area (Å²) in [4.78, 5) is 25.3. The van der Waals surface area contributed by atoms with Crippen molar-refractivity contribution < 1.29 is 23.5 Å². The van der Waals surface area contributed by atoms with E-state index in [1.807, 2.05) is 0 Å². The van der Waals surface area contributed by atoms with Gasteiger partial charge in [-0.15, -0.1) is 6.42 Å². The van der Waals surface area contributed by atoms with Crippen LogP contribution in [-0.4, -0.2) is 37.7 Å². The average Bonchev–Trinajstić information content (AvgIpc) is 2.78. The molecule has 1 aliphatic carbocycles. The van der Waals surface area contributed by atoms with E-state index in [4.69, 9.17) is 32.4 Å². The Labute approximate surface area is 131 Å². The van der Waals surface area contributed by atoms with Gasteiger partial charge in [-0.1, -0.05) is 5.92 Å². The fraction of sp³-hybridized carbons (Fsp3) is 0.333. The largest absolute Gasteiger partial charge is 0.393 e. The van der Waals surface area contributed by atoms with Gasteiger partial charge in [0.1, 0.15) is 17.8 Å². The van der Waals surface area contributed by atoms with Gasteiger partial charge in [-0.05, 0) is 6.08 Å². The van der Waals surface area contributed by atoms with Crippen molar-refractivity contribution in [3.63, 3.8) is 0 Å². The Balaban J connectivity index is 2.15. The fourth-order valence-electron chi connectivity index (χ4n) is 2.06. The number of nitrogens with one attached hydrogen (secondary N) is 1. The van der Waals surface area contributed by atoms with Gasteiger partial charge in [-0.25, -0.2) is 14.4 Å². The van der Waals surface area contributed by atoms with Crippen LogP contribution in [0.3, 0.4) is 0 Å². The van der Waals surface area contributed by atoms with E-state index in [1.54, 1.807) is 0 Å². The molecular weight excluding hydrogens is 328 g/mol. The van der Waals surface area contributed by atoms with Crippen LogP contribution in [-0.2, 0) is 9.30 Å². The van der Waals surface area contributed by atoms with Crippen LogP contribution in [0.25, 0.3) is 0 Å². The number of ether oxygens (including phenoxy) is 1. The second-order valence-electron chi connectivity index (χ2n) is 4.90. The van der Waals surface area contributed by atoms with E-state index < -0.39 is 31.4 Å². The highest BCUT2D eigenvalue weighted by Gasteiger charge is 2.43. The van der Waals surface area contributed by atoms with Crippen LogP contribution in [0.1, 0.15) is 6.42 Å². The van der Waals surface area contributed by atoms with Crippen molar-refractivity contribution in [3.05, 3.63) is 18.2 Å². The van der Waals surface area contributed by atoms with Crippen LogP contribution in [0.4, 0.5) is 21.7 Å². The van der Waals surface area contributed by atoms with Crippen molar-refractivity contribution in [1.29, 1.82) is 0 Å².